The summed E-state index contributed by atoms with van der Waals surface area (Å²) in [5.74, 6) is 0.855. The number of carbonyl (C=O) groups is 2. The van der Waals surface area contributed by atoms with Crippen LogP contribution in [-0.2, 0) is 4.79 Å². The van der Waals surface area contributed by atoms with Gasteiger partial charge in [0.15, 0.2) is 0 Å². The Kier molecular flexibility index (Phi) is 5.43. The summed E-state index contributed by atoms with van der Waals surface area (Å²) in [4.78, 5) is 26.6. The molecule has 2 rings (SSSR count). The normalized spacial score (nSPS) is 14.7. The topological polar surface area (TPSA) is 61.9 Å². The zero-order chi connectivity index (χ0) is 15.1. The molecule has 1 aromatic rings. The lowest BCUT2D eigenvalue weighted by atomic mass is 10.3. The minimum atomic E-state index is -0.102. The van der Waals surface area contributed by atoms with Gasteiger partial charge in [-0.05, 0) is 12.1 Å². The number of carbonyl (C=O) groups excluding carboxylic acids is 2. The number of nitrogens with one attached hydrogen (secondary N) is 1. The summed E-state index contributed by atoms with van der Waals surface area (Å²) in [6.07, 6.45) is 0. The Morgan fingerprint density at radius 2 is 1.71 bits per heavy atom. The highest BCUT2D eigenvalue weighted by atomic mass is 16.5. The van der Waals surface area contributed by atoms with Crippen LogP contribution >= 0.6 is 0 Å². The molecule has 1 aliphatic rings. The SMILES string of the molecule is CC(=O)N1CCN(C(=O)NCCOc2ccccc2)CC1. The Morgan fingerprint density at radius 1 is 1.10 bits per heavy atom. The molecule has 1 saturated heterocycles. The molecule has 21 heavy (non-hydrogen) atoms. The van der Waals surface area contributed by atoms with E-state index in [0.29, 0.717) is 39.3 Å². The molecule has 6 nitrogen and oxygen atoms in total. The molecule has 0 aromatic heterocycles. The number of ether oxygens (including phenoxy) is 1. The van der Waals surface area contributed by atoms with Crippen LogP contribution in [0.25, 0.3) is 0 Å². The van der Waals surface area contributed by atoms with Crippen molar-refractivity contribution in [2.45, 2.75) is 6.92 Å². The highest BCUT2D eigenvalue weighted by Gasteiger charge is 2.21. The van der Waals surface area contributed by atoms with Gasteiger partial charge in [0.2, 0.25) is 5.91 Å². The van der Waals surface area contributed by atoms with Gasteiger partial charge in [0, 0.05) is 33.1 Å². The summed E-state index contributed by atoms with van der Waals surface area (Å²) >= 11 is 0. The minimum Gasteiger partial charge on any atom is -0.492 e. The molecule has 1 aromatic carbocycles. The molecular formula is C15H21N3O3. The third kappa shape index (κ3) is 4.66. The van der Waals surface area contributed by atoms with Gasteiger partial charge in [0.1, 0.15) is 12.4 Å². The number of para-hydroxylation sites is 1. The van der Waals surface area contributed by atoms with E-state index in [1.165, 1.54) is 0 Å². The van der Waals surface area contributed by atoms with E-state index in [9.17, 15) is 9.59 Å². The van der Waals surface area contributed by atoms with Crippen molar-refractivity contribution >= 4 is 11.9 Å². The molecule has 1 heterocycles. The van der Waals surface area contributed by atoms with Crippen LogP contribution in [0.15, 0.2) is 30.3 Å². The van der Waals surface area contributed by atoms with Gasteiger partial charge < -0.3 is 19.9 Å². The van der Waals surface area contributed by atoms with E-state index in [1.807, 2.05) is 30.3 Å². The van der Waals surface area contributed by atoms with Gasteiger partial charge in [-0.15, -0.1) is 0 Å². The monoisotopic (exact) mass is 291 g/mol. The first-order valence-electron chi connectivity index (χ1n) is 7.13. The van der Waals surface area contributed by atoms with Gasteiger partial charge in [0.05, 0.1) is 6.54 Å². The van der Waals surface area contributed by atoms with Crippen molar-refractivity contribution in [1.82, 2.24) is 15.1 Å². The zero-order valence-electron chi connectivity index (χ0n) is 12.2. The van der Waals surface area contributed by atoms with E-state index >= 15 is 0 Å². The smallest absolute Gasteiger partial charge is 0.317 e. The van der Waals surface area contributed by atoms with Crippen LogP contribution in [0.4, 0.5) is 4.79 Å². The van der Waals surface area contributed by atoms with Crippen molar-refractivity contribution in [2.24, 2.45) is 0 Å². The molecule has 0 bridgehead atoms. The van der Waals surface area contributed by atoms with Crippen molar-refractivity contribution in [3.05, 3.63) is 30.3 Å². The number of hydrogen-bond donors (Lipinski definition) is 1. The number of amides is 3. The quantitative estimate of drug-likeness (QED) is 0.840. The van der Waals surface area contributed by atoms with Gasteiger partial charge in [-0.1, -0.05) is 18.2 Å². The van der Waals surface area contributed by atoms with Crippen molar-refractivity contribution in [3.8, 4) is 5.75 Å². The maximum atomic E-state index is 11.9. The summed E-state index contributed by atoms with van der Waals surface area (Å²) < 4.78 is 5.51. The molecular weight excluding hydrogens is 270 g/mol. The molecule has 0 aliphatic carbocycles. The van der Waals surface area contributed by atoms with E-state index in [0.717, 1.165) is 5.75 Å². The molecule has 1 fully saturated rings. The Balaban J connectivity index is 1.63. The number of rotatable bonds is 4. The van der Waals surface area contributed by atoms with E-state index < -0.39 is 0 Å². The summed E-state index contributed by atoms with van der Waals surface area (Å²) in [5, 5.41) is 2.83. The predicted molar refractivity (Wildman–Crippen MR) is 79.2 cm³/mol. The van der Waals surface area contributed by atoms with Gasteiger partial charge in [-0.25, -0.2) is 4.79 Å². The number of benzene rings is 1. The van der Waals surface area contributed by atoms with Crippen LogP contribution in [-0.4, -0.2) is 61.1 Å². The summed E-state index contributed by atoms with van der Waals surface area (Å²) in [5.41, 5.74) is 0. The van der Waals surface area contributed by atoms with Crippen LogP contribution in [0.2, 0.25) is 0 Å². The second-order valence-corrected chi connectivity index (χ2v) is 4.89. The van der Waals surface area contributed by atoms with Crippen LogP contribution in [0.3, 0.4) is 0 Å². The van der Waals surface area contributed by atoms with Gasteiger partial charge >= 0.3 is 6.03 Å². The fraction of sp³-hybridized carbons (Fsp3) is 0.467. The van der Waals surface area contributed by atoms with Gasteiger partial charge in [-0.2, -0.15) is 0 Å². The molecule has 0 spiro atoms. The molecule has 6 heteroatoms. The van der Waals surface area contributed by atoms with E-state index in [4.69, 9.17) is 4.74 Å². The average molecular weight is 291 g/mol. The highest BCUT2D eigenvalue weighted by Crippen LogP contribution is 2.07. The lowest BCUT2D eigenvalue weighted by molar-refractivity contribution is -0.130. The first-order valence-corrected chi connectivity index (χ1v) is 7.13. The maximum absolute atomic E-state index is 11.9. The van der Waals surface area contributed by atoms with E-state index in [2.05, 4.69) is 5.32 Å². The Morgan fingerprint density at radius 3 is 2.33 bits per heavy atom. The van der Waals surface area contributed by atoms with Crippen molar-refractivity contribution in [1.29, 1.82) is 0 Å². The highest BCUT2D eigenvalue weighted by molar-refractivity contribution is 5.76. The average Bonchev–Trinajstić information content (AvgIpc) is 2.52. The molecule has 0 radical (unpaired) electrons. The molecule has 3 amide bonds. The Labute approximate surface area is 124 Å². The van der Waals surface area contributed by atoms with E-state index in [1.54, 1.807) is 16.7 Å². The van der Waals surface area contributed by atoms with Crippen LogP contribution in [0.5, 0.6) is 5.75 Å². The fourth-order valence-corrected chi connectivity index (χ4v) is 2.18. The summed E-state index contributed by atoms with van der Waals surface area (Å²) in [6.45, 7) is 4.79. The second kappa shape index (κ2) is 7.52. The van der Waals surface area contributed by atoms with Crippen LogP contribution < -0.4 is 10.1 Å². The van der Waals surface area contributed by atoms with Crippen LogP contribution in [0, 0.1) is 0 Å². The zero-order valence-corrected chi connectivity index (χ0v) is 12.2. The number of nitrogens with zero attached hydrogens (tertiary/aromatic N) is 2. The molecule has 114 valence electrons. The molecule has 0 unspecified atom stereocenters. The first kappa shape index (κ1) is 15.2. The van der Waals surface area contributed by atoms with Gasteiger partial charge in [-0.3, -0.25) is 4.79 Å². The summed E-state index contributed by atoms with van der Waals surface area (Å²) in [6, 6.07) is 9.39. The number of piperazine rings is 1. The van der Waals surface area contributed by atoms with Crippen molar-refractivity contribution < 1.29 is 14.3 Å². The fourth-order valence-electron chi connectivity index (χ4n) is 2.18. The van der Waals surface area contributed by atoms with Crippen molar-refractivity contribution in [2.75, 3.05) is 39.3 Å². The lowest BCUT2D eigenvalue weighted by Gasteiger charge is -2.34. The minimum absolute atomic E-state index is 0.0614. The largest absolute Gasteiger partial charge is 0.492 e. The molecule has 0 atom stereocenters. The van der Waals surface area contributed by atoms with Crippen LogP contribution in [0.1, 0.15) is 6.92 Å². The number of hydrogen-bond acceptors (Lipinski definition) is 3. The molecule has 1 aliphatic heterocycles. The van der Waals surface area contributed by atoms with Crippen molar-refractivity contribution in [3.63, 3.8) is 0 Å². The predicted octanol–water partition coefficient (Wildman–Crippen LogP) is 0.939. The summed E-state index contributed by atoms with van der Waals surface area (Å²) in [7, 11) is 0. The first-order chi connectivity index (χ1) is 10.2. The molecule has 1 N–H and O–H groups in total. The third-order valence-electron chi connectivity index (χ3n) is 3.40. The second-order valence-electron chi connectivity index (χ2n) is 4.89. The van der Waals surface area contributed by atoms with Gasteiger partial charge in [0.25, 0.3) is 0 Å². The Hall–Kier alpha value is -2.24. The van der Waals surface area contributed by atoms with E-state index in [-0.39, 0.29) is 11.9 Å². The lowest BCUT2D eigenvalue weighted by Crippen LogP contribution is -2.53. The third-order valence-corrected chi connectivity index (χ3v) is 3.40. The number of urea groups is 1. The maximum Gasteiger partial charge on any atom is 0.317 e. The standard InChI is InChI=1S/C15H21N3O3/c1-13(19)17-8-10-18(11-9-17)15(20)16-7-12-21-14-5-3-2-4-6-14/h2-6H,7-12H2,1H3,(H,16,20). The Bertz CT molecular complexity index is 470. The molecule has 0 saturated carbocycles.